The first kappa shape index (κ1) is 13.5. The third kappa shape index (κ3) is 2.55. The number of rotatable bonds is 3. The van der Waals surface area contributed by atoms with Crippen molar-refractivity contribution in [1.29, 1.82) is 0 Å². The Hall–Kier alpha value is -1.46. The standard InChI is InChI=1S/C15H21N3O2/c1-11-3-4-12(5-15(11)18(19)20)6-17-9-13-7-16(2)8-14(13)10-17/h3-5,13-14H,6-10H2,1-2H3/t13-,14+. The Morgan fingerprint density at radius 1 is 1.25 bits per heavy atom. The van der Waals surface area contributed by atoms with Crippen LogP contribution in [0.2, 0.25) is 0 Å². The van der Waals surface area contributed by atoms with Gasteiger partial charge in [0.15, 0.2) is 0 Å². The van der Waals surface area contributed by atoms with Crippen LogP contribution in [0.15, 0.2) is 18.2 Å². The molecule has 1 aromatic rings. The molecule has 20 heavy (non-hydrogen) atoms. The van der Waals surface area contributed by atoms with E-state index in [-0.39, 0.29) is 10.6 Å². The van der Waals surface area contributed by atoms with Gasteiger partial charge in [0.1, 0.15) is 0 Å². The fraction of sp³-hybridized carbons (Fsp3) is 0.600. The minimum Gasteiger partial charge on any atom is -0.306 e. The molecule has 108 valence electrons. The molecule has 0 spiro atoms. The average molecular weight is 275 g/mol. The van der Waals surface area contributed by atoms with Crippen LogP contribution in [0.25, 0.3) is 0 Å². The maximum Gasteiger partial charge on any atom is 0.272 e. The molecule has 0 radical (unpaired) electrons. The molecule has 0 N–H and O–H groups in total. The van der Waals surface area contributed by atoms with E-state index in [1.54, 1.807) is 13.0 Å². The summed E-state index contributed by atoms with van der Waals surface area (Å²) >= 11 is 0. The topological polar surface area (TPSA) is 49.6 Å². The van der Waals surface area contributed by atoms with Crippen LogP contribution in [0.5, 0.6) is 0 Å². The molecule has 2 fully saturated rings. The quantitative estimate of drug-likeness (QED) is 0.624. The summed E-state index contributed by atoms with van der Waals surface area (Å²) in [6.07, 6.45) is 0. The van der Waals surface area contributed by atoms with E-state index in [0.717, 1.165) is 42.6 Å². The second-order valence-electron chi connectivity index (χ2n) is 6.31. The van der Waals surface area contributed by atoms with Crippen LogP contribution in [0, 0.1) is 28.9 Å². The highest BCUT2D eigenvalue weighted by Crippen LogP contribution is 2.31. The predicted molar refractivity (Wildman–Crippen MR) is 77.6 cm³/mol. The number of nitro groups is 1. The molecule has 3 rings (SSSR count). The van der Waals surface area contributed by atoms with Crippen LogP contribution in [-0.2, 0) is 6.54 Å². The van der Waals surface area contributed by atoms with Gasteiger partial charge in [0, 0.05) is 44.4 Å². The lowest BCUT2D eigenvalue weighted by Crippen LogP contribution is -2.26. The van der Waals surface area contributed by atoms with E-state index >= 15 is 0 Å². The smallest absolute Gasteiger partial charge is 0.272 e. The van der Waals surface area contributed by atoms with E-state index in [1.165, 1.54) is 13.1 Å². The van der Waals surface area contributed by atoms with Crippen molar-refractivity contribution in [1.82, 2.24) is 9.80 Å². The van der Waals surface area contributed by atoms with Crippen LogP contribution >= 0.6 is 0 Å². The van der Waals surface area contributed by atoms with Gasteiger partial charge in [-0.3, -0.25) is 15.0 Å². The summed E-state index contributed by atoms with van der Waals surface area (Å²) in [5, 5.41) is 11.0. The largest absolute Gasteiger partial charge is 0.306 e. The minimum atomic E-state index is -0.285. The van der Waals surface area contributed by atoms with E-state index in [1.807, 2.05) is 12.1 Å². The van der Waals surface area contributed by atoms with Crippen LogP contribution in [-0.4, -0.2) is 47.9 Å². The van der Waals surface area contributed by atoms with E-state index < -0.39 is 0 Å². The molecule has 0 bridgehead atoms. The summed E-state index contributed by atoms with van der Waals surface area (Å²) in [6, 6.07) is 5.61. The first-order chi connectivity index (χ1) is 9.52. The molecule has 0 aromatic heterocycles. The highest BCUT2D eigenvalue weighted by molar-refractivity contribution is 5.42. The Labute approximate surface area is 119 Å². The Morgan fingerprint density at radius 3 is 2.50 bits per heavy atom. The molecule has 5 heteroatoms. The second kappa shape index (κ2) is 5.14. The SMILES string of the molecule is Cc1ccc(CN2C[C@H]3CN(C)C[C@H]3C2)cc1[N+](=O)[O-]. The number of hydrogen-bond donors (Lipinski definition) is 0. The third-order valence-corrected chi connectivity index (χ3v) is 4.62. The van der Waals surface area contributed by atoms with Gasteiger partial charge in [-0.05, 0) is 31.4 Å². The van der Waals surface area contributed by atoms with Gasteiger partial charge in [-0.25, -0.2) is 0 Å². The van der Waals surface area contributed by atoms with Crippen LogP contribution in [0.1, 0.15) is 11.1 Å². The zero-order chi connectivity index (χ0) is 14.3. The Morgan fingerprint density at radius 2 is 1.90 bits per heavy atom. The predicted octanol–water partition coefficient (Wildman–Crippen LogP) is 1.90. The fourth-order valence-electron chi connectivity index (χ4n) is 3.66. The summed E-state index contributed by atoms with van der Waals surface area (Å²) in [4.78, 5) is 15.6. The van der Waals surface area contributed by atoms with E-state index in [0.29, 0.717) is 0 Å². The van der Waals surface area contributed by atoms with E-state index in [9.17, 15) is 10.1 Å². The molecular weight excluding hydrogens is 254 g/mol. The zero-order valence-electron chi connectivity index (χ0n) is 12.1. The van der Waals surface area contributed by atoms with Crippen molar-refractivity contribution < 1.29 is 4.92 Å². The lowest BCUT2D eigenvalue weighted by atomic mass is 10.0. The van der Waals surface area contributed by atoms with Crippen molar-refractivity contribution in [2.75, 3.05) is 33.2 Å². The number of aryl methyl sites for hydroxylation is 1. The zero-order valence-corrected chi connectivity index (χ0v) is 12.1. The van der Waals surface area contributed by atoms with Gasteiger partial charge in [0.2, 0.25) is 0 Å². The van der Waals surface area contributed by atoms with Gasteiger partial charge in [0.25, 0.3) is 5.69 Å². The first-order valence-corrected chi connectivity index (χ1v) is 7.18. The van der Waals surface area contributed by atoms with Crippen molar-refractivity contribution in [2.45, 2.75) is 13.5 Å². The van der Waals surface area contributed by atoms with Crippen molar-refractivity contribution in [3.05, 3.63) is 39.4 Å². The molecular formula is C15H21N3O2. The van der Waals surface area contributed by atoms with Gasteiger partial charge in [-0.15, -0.1) is 0 Å². The summed E-state index contributed by atoms with van der Waals surface area (Å²) in [6.45, 7) is 7.24. The van der Waals surface area contributed by atoms with Crippen LogP contribution < -0.4 is 0 Å². The van der Waals surface area contributed by atoms with Crippen LogP contribution in [0.4, 0.5) is 5.69 Å². The van der Waals surface area contributed by atoms with Gasteiger partial charge in [-0.2, -0.15) is 0 Å². The molecule has 0 saturated carbocycles. The molecule has 2 saturated heterocycles. The first-order valence-electron chi connectivity index (χ1n) is 7.18. The molecule has 1 aromatic carbocycles. The van der Waals surface area contributed by atoms with Crippen molar-refractivity contribution in [3.8, 4) is 0 Å². The maximum absolute atomic E-state index is 11.0. The normalized spacial score (nSPS) is 26.9. The van der Waals surface area contributed by atoms with Crippen molar-refractivity contribution in [2.24, 2.45) is 11.8 Å². The lowest BCUT2D eigenvalue weighted by Gasteiger charge is -2.19. The molecule has 0 unspecified atom stereocenters. The average Bonchev–Trinajstić information content (AvgIpc) is 2.87. The minimum absolute atomic E-state index is 0.238. The van der Waals surface area contributed by atoms with E-state index in [2.05, 4.69) is 16.8 Å². The summed E-state index contributed by atoms with van der Waals surface area (Å²) in [7, 11) is 2.19. The summed E-state index contributed by atoms with van der Waals surface area (Å²) in [5.41, 5.74) is 2.02. The van der Waals surface area contributed by atoms with Gasteiger partial charge < -0.3 is 4.90 Å². The number of nitrogens with zero attached hydrogens (tertiary/aromatic N) is 3. The number of hydrogen-bond acceptors (Lipinski definition) is 4. The number of nitro benzene ring substituents is 1. The molecule has 2 aliphatic rings. The third-order valence-electron chi connectivity index (χ3n) is 4.62. The molecule has 2 heterocycles. The Balaban J connectivity index is 1.68. The summed E-state index contributed by atoms with van der Waals surface area (Å²) in [5.74, 6) is 1.56. The number of benzene rings is 1. The number of fused-ring (bicyclic) bond motifs is 1. The Kier molecular flexibility index (Phi) is 3.48. The monoisotopic (exact) mass is 275 g/mol. The van der Waals surface area contributed by atoms with Gasteiger partial charge in [0.05, 0.1) is 4.92 Å². The highest BCUT2D eigenvalue weighted by Gasteiger charge is 2.38. The molecule has 5 nitrogen and oxygen atoms in total. The van der Waals surface area contributed by atoms with Crippen molar-refractivity contribution in [3.63, 3.8) is 0 Å². The molecule has 2 aliphatic heterocycles. The molecule has 2 atom stereocenters. The summed E-state index contributed by atoms with van der Waals surface area (Å²) < 4.78 is 0. The lowest BCUT2D eigenvalue weighted by molar-refractivity contribution is -0.385. The van der Waals surface area contributed by atoms with Crippen molar-refractivity contribution >= 4 is 5.69 Å². The highest BCUT2D eigenvalue weighted by atomic mass is 16.6. The fourth-order valence-corrected chi connectivity index (χ4v) is 3.66. The molecule has 0 aliphatic carbocycles. The number of likely N-dealkylation sites (tertiary alicyclic amines) is 2. The van der Waals surface area contributed by atoms with Gasteiger partial charge in [-0.1, -0.05) is 12.1 Å². The maximum atomic E-state index is 11.0. The second-order valence-corrected chi connectivity index (χ2v) is 6.31. The Bertz CT molecular complexity index is 518. The van der Waals surface area contributed by atoms with E-state index in [4.69, 9.17) is 0 Å². The van der Waals surface area contributed by atoms with Crippen LogP contribution in [0.3, 0.4) is 0 Å². The molecule has 0 amide bonds. The van der Waals surface area contributed by atoms with Gasteiger partial charge >= 0.3 is 0 Å².